The van der Waals surface area contributed by atoms with Gasteiger partial charge >= 0.3 is 0 Å². The Kier molecular flexibility index (Phi) is 4.30. The van der Waals surface area contributed by atoms with E-state index in [9.17, 15) is 8.42 Å². The summed E-state index contributed by atoms with van der Waals surface area (Å²) in [5, 5.41) is 0. The molecule has 0 saturated carbocycles. The molecule has 0 spiro atoms. The van der Waals surface area contributed by atoms with Gasteiger partial charge in [-0.25, -0.2) is 8.42 Å². The first-order valence-electron chi connectivity index (χ1n) is 6.36. The molecule has 2 aromatic carbocycles. The summed E-state index contributed by atoms with van der Waals surface area (Å²) in [7, 11) is -3.66. The highest BCUT2D eigenvalue weighted by Crippen LogP contribution is 2.28. The fourth-order valence-corrected chi connectivity index (χ4v) is 4.22. The van der Waals surface area contributed by atoms with Gasteiger partial charge in [-0.1, -0.05) is 15.9 Å². The maximum Gasteiger partial charge on any atom is 0.261 e. The maximum atomic E-state index is 12.5. The molecule has 0 heterocycles. The molecule has 4 nitrogen and oxygen atoms in total. The number of nitrogen functional groups attached to an aromatic ring is 1. The molecule has 0 bridgehead atoms. The van der Waals surface area contributed by atoms with Gasteiger partial charge in [-0.05, 0) is 67.8 Å². The zero-order chi connectivity index (χ0) is 15.8. The van der Waals surface area contributed by atoms with Crippen molar-refractivity contribution in [2.24, 2.45) is 0 Å². The smallest absolute Gasteiger partial charge is 0.261 e. The van der Waals surface area contributed by atoms with Crippen LogP contribution in [0.2, 0.25) is 0 Å². The number of benzene rings is 2. The number of aryl methyl sites for hydroxylation is 3. The largest absolute Gasteiger partial charge is 0.399 e. The van der Waals surface area contributed by atoms with Gasteiger partial charge in [0.2, 0.25) is 0 Å². The highest BCUT2D eigenvalue weighted by Gasteiger charge is 2.17. The molecule has 0 unspecified atom stereocenters. The Hall–Kier alpha value is -1.53. The maximum absolute atomic E-state index is 12.5. The molecule has 0 fully saturated rings. The van der Waals surface area contributed by atoms with Crippen molar-refractivity contribution in [2.45, 2.75) is 25.7 Å². The van der Waals surface area contributed by atoms with Gasteiger partial charge < -0.3 is 5.73 Å². The zero-order valence-corrected chi connectivity index (χ0v) is 14.5. The van der Waals surface area contributed by atoms with E-state index in [1.165, 1.54) is 6.07 Å². The topological polar surface area (TPSA) is 72.2 Å². The van der Waals surface area contributed by atoms with Gasteiger partial charge in [0.05, 0.1) is 10.6 Å². The monoisotopic (exact) mass is 368 g/mol. The summed E-state index contributed by atoms with van der Waals surface area (Å²) in [6, 6.07) is 8.53. The first kappa shape index (κ1) is 15.9. The van der Waals surface area contributed by atoms with E-state index in [4.69, 9.17) is 5.73 Å². The Morgan fingerprint density at radius 1 is 1.00 bits per heavy atom. The van der Waals surface area contributed by atoms with E-state index in [1.807, 2.05) is 32.9 Å². The lowest BCUT2D eigenvalue weighted by Gasteiger charge is -2.14. The number of halogens is 1. The van der Waals surface area contributed by atoms with Crippen LogP contribution >= 0.6 is 15.9 Å². The lowest BCUT2D eigenvalue weighted by Crippen LogP contribution is -2.15. The van der Waals surface area contributed by atoms with Crippen LogP contribution in [-0.4, -0.2) is 8.42 Å². The van der Waals surface area contributed by atoms with Crippen LogP contribution in [0.3, 0.4) is 0 Å². The molecule has 0 aliphatic rings. The minimum Gasteiger partial charge on any atom is -0.399 e. The Morgan fingerprint density at radius 3 is 2.10 bits per heavy atom. The van der Waals surface area contributed by atoms with E-state index >= 15 is 0 Å². The van der Waals surface area contributed by atoms with Crippen molar-refractivity contribution in [3.8, 4) is 0 Å². The van der Waals surface area contributed by atoms with E-state index in [0.717, 1.165) is 21.2 Å². The molecule has 112 valence electrons. The van der Waals surface area contributed by atoms with Crippen molar-refractivity contribution in [1.29, 1.82) is 0 Å². The van der Waals surface area contributed by atoms with E-state index in [2.05, 4.69) is 20.7 Å². The summed E-state index contributed by atoms with van der Waals surface area (Å²) in [5.74, 6) is 0. The summed E-state index contributed by atoms with van der Waals surface area (Å²) < 4.78 is 28.6. The molecule has 3 N–H and O–H groups in total. The van der Waals surface area contributed by atoms with Crippen LogP contribution in [0.25, 0.3) is 0 Å². The standard InChI is InChI=1S/C15H17BrN2O2S/c1-9-4-13(17)8-14(5-9)21(19,20)18-15-10(2)6-12(16)7-11(15)3/h4-8,18H,17H2,1-3H3. The van der Waals surface area contributed by atoms with Gasteiger partial charge in [0.15, 0.2) is 0 Å². The van der Waals surface area contributed by atoms with Crippen LogP contribution in [0.1, 0.15) is 16.7 Å². The number of sulfonamides is 1. The average Bonchev–Trinajstić information content (AvgIpc) is 2.32. The molecule has 21 heavy (non-hydrogen) atoms. The third-order valence-electron chi connectivity index (χ3n) is 3.12. The van der Waals surface area contributed by atoms with Gasteiger partial charge in [0.1, 0.15) is 0 Å². The van der Waals surface area contributed by atoms with Crippen LogP contribution in [0.5, 0.6) is 0 Å². The van der Waals surface area contributed by atoms with Crippen molar-refractivity contribution in [3.05, 3.63) is 51.5 Å². The highest BCUT2D eigenvalue weighted by molar-refractivity contribution is 9.10. The zero-order valence-electron chi connectivity index (χ0n) is 12.1. The van der Waals surface area contributed by atoms with Crippen molar-refractivity contribution in [2.75, 3.05) is 10.5 Å². The lowest BCUT2D eigenvalue weighted by molar-refractivity contribution is 0.601. The van der Waals surface area contributed by atoms with E-state index in [1.54, 1.807) is 12.1 Å². The first-order valence-corrected chi connectivity index (χ1v) is 8.63. The molecular weight excluding hydrogens is 352 g/mol. The molecule has 0 aliphatic heterocycles. The van der Waals surface area contributed by atoms with E-state index < -0.39 is 10.0 Å². The number of nitrogens with one attached hydrogen (secondary N) is 1. The number of anilines is 2. The van der Waals surface area contributed by atoms with Gasteiger partial charge in [-0.15, -0.1) is 0 Å². The highest BCUT2D eigenvalue weighted by atomic mass is 79.9. The quantitative estimate of drug-likeness (QED) is 0.810. The van der Waals surface area contributed by atoms with Crippen molar-refractivity contribution >= 4 is 37.3 Å². The molecular formula is C15H17BrN2O2S. The summed E-state index contributed by atoms with van der Waals surface area (Å²) >= 11 is 3.40. The number of hydrogen-bond acceptors (Lipinski definition) is 3. The van der Waals surface area contributed by atoms with E-state index in [-0.39, 0.29) is 4.90 Å². The predicted octanol–water partition coefficient (Wildman–Crippen LogP) is 3.76. The van der Waals surface area contributed by atoms with Crippen molar-refractivity contribution in [1.82, 2.24) is 0 Å². The molecule has 0 amide bonds. The van der Waals surface area contributed by atoms with Gasteiger partial charge in [-0.3, -0.25) is 4.72 Å². The minimum atomic E-state index is -3.66. The average molecular weight is 369 g/mol. The SMILES string of the molecule is Cc1cc(N)cc(S(=O)(=O)Nc2c(C)cc(Br)cc2C)c1. The van der Waals surface area contributed by atoms with Crippen LogP contribution in [0.15, 0.2) is 39.7 Å². The summed E-state index contributed by atoms with van der Waals surface area (Å²) in [6.45, 7) is 5.53. The molecule has 2 rings (SSSR count). The molecule has 0 aromatic heterocycles. The first-order chi connectivity index (χ1) is 9.69. The second-order valence-corrected chi connectivity index (χ2v) is 7.70. The molecule has 0 saturated heterocycles. The number of nitrogens with two attached hydrogens (primary N) is 1. The van der Waals surface area contributed by atoms with Crippen LogP contribution in [-0.2, 0) is 10.0 Å². The Bertz CT molecular complexity index is 758. The fourth-order valence-electron chi connectivity index (χ4n) is 2.20. The number of hydrogen-bond donors (Lipinski definition) is 2. The van der Waals surface area contributed by atoms with E-state index in [0.29, 0.717) is 11.4 Å². The Morgan fingerprint density at radius 2 is 1.57 bits per heavy atom. The molecule has 6 heteroatoms. The second kappa shape index (κ2) is 5.69. The van der Waals surface area contributed by atoms with Gasteiger partial charge in [-0.2, -0.15) is 0 Å². The normalized spacial score (nSPS) is 11.4. The van der Waals surface area contributed by atoms with Crippen molar-refractivity contribution in [3.63, 3.8) is 0 Å². The summed E-state index contributed by atoms with van der Waals surface area (Å²) in [4.78, 5) is 0.168. The minimum absolute atomic E-state index is 0.168. The fraction of sp³-hybridized carbons (Fsp3) is 0.200. The Balaban J connectivity index is 2.47. The third kappa shape index (κ3) is 3.57. The molecule has 0 radical (unpaired) electrons. The van der Waals surface area contributed by atoms with Gasteiger partial charge in [0.25, 0.3) is 10.0 Å². The van der Waals surface area contributed by atoms with Crippen LogP contribution < -0.4 is 10.5 Å². The van der Waals surface area contributed by atoms with Gasteiger partial charge in [0, 0.05) is 10.2 Å². The van der Waals surface area contributed by atoms with Crippen molar-refractivity contribution < 1.29 is 8.42 Å². The predicted molar refractivity (Wildman–Crippen MR) is 90.0 cm³/mol. The second-order valence-electron chi connectivity index (χ2n) is 5.10. The van der Waals surface area contributed by atoms with Crippen LogP contribution in [0.4, 0.5) is 11.4 Å². The van der Waals surface area contributed by atoms with Crippen LogP contribution in [0, 0.1) is 20.8 Å². The number of rotatable bonds is 3. The molecule has 0 aliphatic carbocycles. The summed E-state index contributed by atoms with van der Waals surface area (Å²) in [5.41, 5.74) is 9.27. The molecule has 0 atom stereocenters. The lowest BCUT2D eigenvalue weighted by atomic mass is 10.1. The summed E-state index contributed by atoms with van der Waals surface area (Å²) in [6.07, 6.45) is 0. The third-order valence-corrected chi connectivity index (χ3v) is 4.90. The Labute approximate surface area is 133 Å². The molecule has 2 aromatic rings.